The van der Waals surface area contributed by atoms with Gasteiger partial charge in [-0.05, 0) is 13.8 Å². The molecule has 0 atom stereocenters. The van der Waals surface area contributed by atoms with E-state index < -0.39 is 0 Å². The minimum absolute atomic E-state index is 0.126. The summed E-state index contributed by atoms with van der Waals surface area (Å²) in [6, 6.07) is 1.49. The lowest BCUT2D eigenvalue weighted by Crippen LogP contribution is -2.07. The van der Waals surface area contributed by atoms with Crippen molar-refractivity contribution in [3.05, 3.63) is 33.4 Å². The highest BCUT2D eigenvalue weighted by Gasteiger charge is 2.04. The molecular weight excluding hydrogens is 198 g/mol. The maximum Gasteiger partial charge on any atom is 0.251 e. The number of hydrogen-bond acceptors (Lipinski definition) is 4. The maximum atomic E-state index is 11.2. The van der Waals surface area contributed by atoms with E-state index in [1.807, 2.05) is 6.92 Å². The van der Waals surface area contributed by atoms with Crippen LogP contribution in [-0.4, -0.2) is 15.0 Å². The second-order valence-corrected chi connectivity index (χ2v) is 4.19. The SMILES string of the molecule is Cc1nc(-c2cnc(C)s2)cc(=O)[nH]1. The van der Waals surface area contributed by atoms with Crippen molar-refractivity contribution in [1.29, 1.82) is 0 Å². The van der Waals surface area contributed by atoms with Crippen molar-refractivity contribution in [2.24, 2.45) is 0 Å². The Kier molecular flexibility index (Phi) is 2.17. The molecule has 0 unspecified atom stereocenters. The topological polar surface area (TPSA) is 58.6 Å². The number of aromatic nitrogens is 3. The largest absolute Gasteiger partial charge is 0.311 e. The summed E-state index contributed by atoms with van der Waals surface area (Å²) in [5.74, 6) is 0.624. The second kappa shape index (κ2) is 3.34. The molecule has 0 bridgehead atoms. The molecule has 0 aliphatic heterocycles. The number of hydrogen-bond donors (Lipinski definition) is 1. The Labute approximate surface area is 84.7 Å². The molecule has 0 saturated carbocycles. The number of H-pyrrole nitrogens is 1. The number of nitrogens with one attached hydrogen (secondary N) is 1. The molecule has 0 aliphatic rings. The Morgan fingerprint density at radius 3 is 2.79 bits per heavy atom. The highest BCUT2D eigenvalue weighted by atomic mass is 32.1. The number of aryl methyl sites for hydroxylation is 2. The van der Waals surface area contributed by atoms with Gasteiger partial charge in [-0.1, -0.05) is 0 Å². The number of nitrogens with zero attached hydrogens (tertiary/aromatic N) is 2. The molecule has 0 saturated heterocycles. The van der Waals surface area contributed by atoms with E-state index in [2.05, 4.69) is 15.0 Å². The van der Waals surface area contributed by atoms with Crippen LogP contribution in [0.15, 0.2) is 17.1 Å². The molecule has 0 aromatic carbocycles. The molecule has 0 radical (unpaired) electrons. The molecule has 72 valence electrons. The minimum atomic E-state index is -0.126. The fourth-order valence-corrected chi connectivity index (χ4v) is 1.92. The van der Waals surface area contributed by atoms with E-state index in [1.165, 1.54) is 17.4 Å². The Hall–Kier alpha value is -1.49. The van der Waals surface area contributed by atoms with Crippen molar-refractivity contribution in [2.75, 3.05) is 0 Å². The maximum absolute atomic E-state index is 11.2. The Bertz CT molecular complexity index is 515. The van der Waals surface area contributed by atoms with Gasteiger partial charge in [0.2, 0.25) is 0 Å². The summed E-state index contributed by atoms with van der Waals surface area (Å²) in [4.78, 5) is 23.1. The molecular formula is C9H9N3OS. The smallest absolute Gasteiger partial charge is 0.251 e. The Morgan fingerprint density at radius 2 is 2.21 bits per heavy atom. The van der Waals surface area contributed by atoms with Gasteiger partial charge < -0.3 is 4.98 Å². The fraction of sp³-hybridized carbons (Fsp3) is 0.222. The van der Waals surface area contributed by atoms with Crippen LogP contribution >= 0.6 is 11.3 Å². The van der Waals surface area contributed by atoms with Crippen LogP contribution in [0.3, 0.4) is 0 Å². The summed E-state index contributed by atoms with van der Waals surface area (Å²) in [5, 5.41) is 0.972. The quantitative estimate of drug-likeness (QED) is 0.771. The summed E-state index contributed by atoms with van der Waals surface area (Å²) in [6.45, 7) is 3.69. The molecule has 2 aromatic heterocycles. The van der Waals surface area contributed by atoms with Crippen LogP contribution in [0.4, 0.5) is 0 Å². The second-order valence-electron chi connectivity index (χ2n) is 2.96. The molecule has 2 heterocycles. The molecule has 0 aliphatic carbocycles. The predicted molar refractivity (Wildman–Crippen MR) is 55.4 cm³/mol. The van der Waals surface area contributed by atoms with Gasteiger partial charge in [-0.25, -0.2) is 9.97 Å². The van der Waals surface area contributed by atoms with Crippen molar-refractivity contribution >= 4 is 11.3 Å². The van der Waals surface area contributed by atoms with Crippen molar-refractivity contribution in [3.63, 3.8) is 0 Å². The first-order chi connectivity index (χ1) is 6.65. The molecule has 4 nitrogen and oxygen atoms in total. The molecule has 0 fully saturated rings. The third-order valence-corrected chi connectivity index (χ3v) is 2.67. The highest BCUT2D eigenvalue weighted by molar-refractivity contribution is 7.15. The van der Waals surface area contributed by atoms with Crippen LogP contribution in [0.2, 0.25) is 0 Å². The number of rotatable bonds is 1. The first-order valence-corrected chi connectivity index (χ1v) is 4.97. The molecule has 1 N–H and O–H groups in total. The van der Waals surface area contributed by atoms with Crippen molar-refractivity contribution < 1.29 is 0 Å². The van der Waals surface area contributed by atoms with Gasteiger partial charge in [0, 0.05) is 12.3 Å². The average Bonchev–Trinajstić information content (AvgIpc) is 2.50. The van der Waals surface area contributed by atoms with Crippen LogP contribution in [0, 0.1) is 13.8 Å². The summed E-state index contributed by atoms with van der Waals surface area (Å²) in [6.07, 6.45) is 1.74. The van der Waals surface area contributed by atoms with Crippen LogP contribution in [-0.2, 0) is 0 Å². The van der Waals surface area contributed by atoms with E-state index in [9.17, 15) is 4.79 Å². The molecule has 14 heavy (non-hydrogen) atoms. The lowest BCUT2D eigenvalue weighted by molar-refractivity contribution is 1.03. The van der Waals surface area contributed by atoms with Gasteiger partial charge in [0.05, 0.1) is 15.6 Å². The van der Waals surface area contributed by atoms with E-state index >= 15 is 0 Å². The molecule has 0 amide bonds. The van der Waals surface area contributed by atoms with Crippen LogP contribution in [0.25, 0.3) is 10.6 Å². The lowest BCUT2D eigenvalue weighted by atomic mass is 10.3. The predicted octanol–water partition coefficient (Wildman–Crippen LogP) is 1.51. The first kappa shape index (κ1) is 9.08. The van der Waals surface area contributed by atoms with Crippen LogP contribution in [0.1, 0.15) is 10.8 Å². The van der Waals surface area contributed by atoms with E-state index in [1.54, 1.807) is 13.1 Å². The van der Waals surface area contributed by atoms with Gasteiger partial charge >= 0.3 is 0 Å². The van der Waals surface area contributed by atoms with E-state index in [4.69, 9.17) is 0 Å². The normalized spacial score (nSPS) is 10.4. The zero-order valence-electron chi connectivity index (χ0n) is 7.87. The van der Waals surface area contributed by atoms with Crippen molar-refractivity contribution in [1.82, 2.24) is 15.0 Å². The van der Waals surface area contributed by atoms with E-state index in [0.29, 0.717) is 11.5 Å². The monoisotopic (exact) mass is 207 g/mol. The highest BCUT2D eigenvalue weighted by Crippen LogP contribution is 2.22. The Balaban J connectivity index is 2.56. The summed E-state index contributed by atoms with van der Waals surface area (Å²) in [7, 11) is 0. The Morgan fingerprint density at radius 1 is 1.43 bits per heavy atom. The van der Waals surface area contributed by atoms with E-state index in [0.717, 1.165) is 9.88 Å². The van der Waals surface area contributed by atoms with Crippen LogP contribution < -0.4 is 5.56 Å². The molecule has 5 heteroatoms. The fourth-order valence-electron chi connectivity index (χ4n) is 1.19. The van der Waals surface area contributed by atoms with Gasteiger partial charge in [0.15, 0.2) is 0 Å². The summed E-state index contributed by atoms with van der Waals surface area (Å²) >= 11 is 1.53. The van der Waals surface area contributed by atoms with Crippen molar-refractivity contribution in [3.8, 4) is 10.6 Å². The van der Waals surface area contributed by atoms with Crippen molar-refractivity contribution in [2.45, 2.75) is 13.8 Å². The molecule has 2 rings (SSSR count). The lowest BCUT2D eigenvalue weighted by Gasteiger charge is -1.96. The zero-order chi connectivity index (χ0) is 10.1. The van der Waals surface area contributed by atoms with Gasteiger partial charge in [0.1, 0.15) is 5.82 Å². The van der Waals surface area contributed by atoms with Crippen LogP contribution in [0.5, 0.6) is 0 Å². The number of aromatic amines is 1. The standard InChI is InChI=1S/C9H9N3OS/c1-5-11-7(3-9(13)12-5)8-4-10-6(2)14-8/h3-4H,1-2H3,(H,11,12,13). The first-order valence-electron chi connectivity index (χ1n) is 4.16. The summed E-state index contributed by atoms with van der Waals surface area (Å²) < 4.78 is 0. The minimum Gasteiger partial charge on any atom is -0.311 e. The third kappa shape index (κ3) is 1.72. The average molecular weight is 207 g/mol. The molecule has 2 aromatic rings. The number of thiazole rings is 1. The van der Waals surface area contributed by atoms with Gasteiger partial charge in [0.25, 0.3) is 5.56 Å². The summed E-state index contributed by atoms with van der Waals surface area (Å²) in [5.41, 5.74) is 0.565. The van der Waals surface area contributed by atoms with Gasteiger partial charge in [-0.15, -0.1) is 11.3 Å². The third-order valence-electron chi connectivity index (χ3n) is 1.73. The van der Waals surface area contributed by atoms with Gasteiger partial charge in [-0.3, -0.25) is 4.79 Å². The van der Waals surface area contributed by atoms with E-state index in [-0.39, 0.29) is 5.56 Å². The van der Waals surface area contributed by atoms with Gasteiger partial charge in [-0.2, -0.15) is 0 Å². The zero-order valence-corrected chi connectivity index (χ0v) is 8.68. The molecule has 0 spiro atoms.